The van der Waals surface area contributed by atoms with Gasteiger partial charge in [0.1, 0.15) is 17.1 Å². The van der Waals surface area contributed by atoms with Gasteiger partial charge in [-0.25, -0.2) is 4.39 Å². The predicted octanol–water partition coefficient (Wildman–Crippen LogP) is 2.31. The average molecular weight is 313 g/mol. The summed E-state index contributed by atoms with van der Waals surface area (Å²) >= 11 is 0. The van der Waals surface area contributed by atoms with Gasteiger partial charge in [-0.05, 0) is 29.8 Å². The molecule has 0 amide bonds. The first kappa shape index (κ1) is 14.9. The van der Waals surface area contributed by atoms with Crippen LogP contribution in [0, 0.1) is 27.3 Å². The summed E-state index contributed by atoms with van der Waals surface area (Å²) < 4.78 is 13.0. The van der Waals surface area contributed by atoms with E-state index in [2.05, 4.69) is 0 Å². The van der Waals surface area contributed by atoms with Crippen molar-refractivity contribution >= 4 is 11.4 Å². The molecule has 116 valence electrons. The molecular weight excluding hydrogens is 301 g/mol. The molecule has 1 saturated heterocycles. The summed E-state index contributed by atoms with van der Waals surface area (Å²) in [5.74, 6) is -0.392. The van der Waals surface area contributed by atoms with Crippen LogP contribution in [0.1, 0.15) is 11.1 Å². The van der Waals surface area contributed by atoms with Crippen LogP contribution in [0.15, 0.2) is 42.5 Å². The van der Waals surface area contributed by atoms with Crippen LogP contribution in [0.2, 0.25) is 0 Å². The third-order valence-corrected chi connectivity index (χ3v) is 3.93. The van der Waals surface area contributed by atoms with E-state index in [1.54, 1.807) is 4.90 Å². The van der Waals surface area contributed by atoms with Crippen LogP contribution in [0.25, 0.3) is 0 Å². The standard InChI is InChI=1S/C16H12FN3O3/c17-13-4-2-12(3-5-13)16(21)9-19(10-16)14-6-1-11(8-18)7-15(14)20(22)23/h1-7,21H,9-10H2. The highest BCUT2D eigenvalue weighted by atomic mass is 19.1. The normalized spacial score (nSPS) is 15.6. The van der Waals surface area contributed by atoms with Crippen LogP contribution in [0.5, 0.6) is 0 Å². The van der Waals surface area contributed by atoms with Gasteiger partial charge in [0.05, 0.1) is 29.6 Å². The SMILES string of the molecule is N#Cc1ccc(N2CC(O)(c3ccc(F)cc3)C2)c([N+](=O)[O-])c1. The zero-order valence-corrected chi connectivity index (χ0v) is 11.9. The Kier molecular flexibility index (Phi) is 3.47. The number of nitro groups is 1. The maximum Gasteiger partial charge on any atom is 0.293 e. The van der Waals surface area contributed by atoms with E-state index in [-0.39, 0.29) is 24.3 Å². The first-order valence-electron chi connectivity index (χ1n) is 6.85. The van der Waals surface area contributed by atoms with Crippen molar-refractivity contribution in [3.8, 4) is 6.07 Å². The second-order valence-electron chi connectivity index (χ2n) is 5.47. The molecule has 2 aromatic carbocycles. The number of nitriles is 1. The fraction of sp³-hybridized carbons (Fsp3) is 0.188. The molecule has 0 spiro atoms. The molecule has 0 aromatic heterocycles. The number of hydrogen-bond acceptors (Lipinski definition) is 5. The maximum atomic E-state index is 13.0. The van der Waals surface area contributed by atoms with Crippen molar-refractivity contribution in [1.29, 1.82) is 5.26 Å². The fourth-order valence-electron chi connectivity index (χ4n) is 2.70. The van der Waals surface area contributed by atoms with E-state index in [1.807, 2.05) is 6.07 Å². The van der Waals surface area contributed by atoms with Gasteiger partial charge in [0.2, 0.25) is 0 Å². The number of hydrogen-bond donors (Lipinski definition) is 1. The van der Waals surface area contributed by atoms with Gasteiger partial charge in [-0.2, -0.15) is 5.26 Å². The molecule has 0 radical (unpaired) electrons. The van der Waals surface area contributed by atoms with E-state index in [9.17, 15) is 19.6 Å². The summed E-state index contributed by atoms with van der Waals surface area (Å²) in [6.07, 6.45) is 0. The van der Waals surface area contributed by atoms with Crippen LogP contribution >= 0.6 is 0 Å². The number of halogens is 1. The molecule has 0 saturated carbocycles. The summed E-state index contributed by atoms with van der Waals surface area (Å²) in [7, 11) is 0. The van der Waals surface area contributed by atoms with Crippen molar-refractivity contribution < 1.29 is 14.4 Å². The van der Waals surface area contributed by atoms with Crippen LogP contribution in [0.4, 0.5) is 15.8 Å². The van der Waals surface area contributed by atoms with E-state index >= 15 is 0 Å². The van der Waals surface area contributed by atoms with Crippen molar-refractivity contribution in [3.05, 3.63) is 69.5 Å². The highest BCUT2D eigenvalue weighted by Gasteiger charge is 2.44. The molecule has 1 N–H and O–H groups in total. The summed E-state index contributed by atoms with van der Waals surface area (Å²) in [5.41, 5.74) is -0.234. The minimum atomic E-state index is -1.17. The molecule has 3 rings (SSSR count). The molecular formula is C16H12FN3O3. The number of nitrogens with zero attached hydrogens (tertiary/aromatic N) is 3. The lowest BCUT2D eigenvalue weighted by molar-refractivity contribution is -0.384. The van der Waals surface area contributed by atoms with E-state index < -0.39 is 16.3 Å². The van der Waals surface area contributed by atoms with Gasteiger partial charge in [0, 0.05) is 6.07 Å². The Morgan fingerprint density at radius 3 is 2.48 bits per heavy atom. The predicted molar refractivity (Wildman–Crippen MR) is 80.3 cm³/mol. The summed E-state index contributed by atoms with van der Waals surface area (Å²) in [6, 6.07) is 11.6. The van der Waals surface area contributed by atoms with E-state index in [0.29, 0.717) is 11.3 Å². The quantitative estimate of drug-likeness (QED) is 0.693. The smallest absolute Gasteiger partial charge is 0.293 e. The molecule has 0 bridgehead atoms. The monoisotopic (exact) mass is 313 g/mol. The van der Waals surface area contributed by atoms with Gasteiger partial charge >= 0.3 is 0 Å². The molecule has 23 heavy (non-hydrogen) atoms. The Balaban J connectivity index is 1.85. The second kappa shape index (κ2) is 5.34. The number of aliphatic hydroxyl groups is 1. The lowest BCUT2D eigenvalue weighted by Gasteiger charge is -2.47. The van der Waals surface area contributed by atoms with Gasteiger partial charge in [-0.15, -0.1) is 0 Å². The zero-order chi connectivity index (χ0) is 16.6. The number of nitro benzene ring substituents is 1. The van der Waals surface area contributed by atoms with Crippen molar-refractivity contribution in [1.82, 2.24) is 0 Å². The second-order valence-corrected chi connectivity index (χ2v) is 5.47. The van der Waals surface area contributed by atoms with Crippen molar-refractivity contribution in [2.24, 2.45) is 0 Å². The van der Waals surface area contributed by atoms with E-state index in [4.69, 9.17) is 5.26 Å². The minimum Gasteiger partial charge on any atom is -0.381 e. The van der Waals surface area contributed by atoms with Crippen LogP contribution < -0.4 is 4.90 Å². The Morgan fingerprint density at radius 2 is 1.91 bits per heavy atom. The summed E-state index contributed by atoms with van der Waals surface area (Å²) in [6.45, 7) is 0.316. The molecule has 7 heteroatoms. The van der Waals surface area contributed by atoms with Crippen LogP contribution in [-0.4, -0.2) is 23.1 Å². The number of anilines is 1. The molecule has 2 aromatic rings. The number of β-amino-alcohol motifs (C(OH)–C–C–N with tert-alkyl or cyclic N) is 1. The van der Waals surface area contributed by atoms with Gasteiger partial charge in [-0.1, -0.05) is 12.1 Å². The molecule has 1 aliphatic rings. The van der Waals surface area contributed by atoms with Crippen molar-refractivity contribution in [2.45, 2.75) is 5.60 Å². The fourth-order valence-corrected chi connectivity index (χ4v) is 2.70. The molecule has 0 atom stereocenters. The third-order valence-electron chi connectivity index (χ3n) is 3.93. The van der Waals surface area contributed by atoms with Gasteiger partial charge < -0.3 is 10.0 Å². The third kappa shape index (κ3) is 2.60. The van der Waals surface area contributed by atoms with Gasteiger partial charge in [0.25, 0.3) is 5.69 Å². The number of benzene rings is 2. The molecule has 1 fully saturated rings. The van der Waals surface area contributed by atoms with E-state index in [0.717, 1.165) is 0 Å². The molecule has 0 unspecified atom stereocenters. The molecule has 0 aliphatic carbocycles. The van der Waals surface area contributed by atoms with Gasteiger partial charge in [0.15, 0.2) is 0 Å². The zero-order valence-electron chi connectivity index (χ0n) is 11.9. The first-order chi connectivity index (χ1) is 10.9. The average Bonchev–Trinajstić information content (AvgIpc) is 2.52. The Morgan fingerprint density at radius 1 is 1.26 bits per heavy atom. The lowest BCUT2D eigenvalue weighted by atomic mass is 9.85. The largest absolute Gasteiger partial charge is 0.381 e. The first-order valence-corrected chi connectivity index (χ1v) is 6.85. The molecule has 1 heterocycles. The maximum absolute atomic E-state index is 13.0. The number of rotatable bonds is 3. The minimum absolute atomic E-state index is 0.158. The topological polar surface area (TPSA) is 90.4 Å². The highest BCUT2D eigenvalue weighted by Crippen LogP contribution is 2.39. The van der Waals surface area contributed by atoms with Crippen molar-refractivity contribution in [2.75, 3.05) is 18.0 Å². The van der Waals surface area contributed by atoms with Crippen LogP contribution in [0.3, 0.4) is 0 Å². The highest BCUT2D eigenvalue weighted by molar-refractivity contribution is 5.67. The lowest BCUT2D eigenvalue weighted by Crippen LogP contribution is -2.59. The van der Waals surface area contributed by atoms with E-state index in [1.165, 1.54) is 42.5 Å². The molecule has 6 nitrogen and oxygen atoms in total. The van der Waals surface area contributed by atoms with Crippen LogP contribution in [-0.2, 0) is 5.60 Å². The Hall–Kier alpha value is -2.98. The summed E-state index contributed by atoms with van der Waals surface area (Å²) in [4.78, 5) is 12.3. The van der Waals surface area contributed by atoms with Gasteiger partial charge in [-0.3, -0.25) is 10.1 Å². The Bertz CT molecular complexity index is 808. The van der Waals surface area contributed by atoms with Crippen molar-refractivity contribution in [3.63, 3.8) is 0 Å². The summed E-state index contributed by atoms with van der Waals surface area (Å²) in [5, 5.41) is 30.6. The Labute approximate surface area is 131 Å². The molecule has 1 aliphatic heterocycles.